The number of hydrogen-bond donors (Lipinski definition) is 0. The topological polar surface area (TPSA) is 41.5 Å². The fraction of sp³-hybridized carbons (Fsp3) is 0.765. The van der Waals surface area contributed by atoms with Gasteiger partial charge in [0, 0.05) is 32.2 Å². The molecule has 0 amide bonds. The number of rotatable bonds is 3. The molecule has 0 spiro atoms. The molecule has 122 valence electrons. The quantitative estimate of drug-likeness (QED) is 0.855. The largest absolute Gasteiger partial charge is 0.375 e. The summed E-state index contributed by atoms with van der Waals surface area (Å²) in [5.74, 6) is 1.71. The van der Waals surface area contributed by atoms with E-state index >= 15 is 0 Å². The van der Waals surface area contributed by atoms with Crippen molar-refractivity contribution in [2.75, 3.05) is 37.7 Å². The first-order chi connectivity index (χ1) is 10.6. The smallest absolute Gasteiger partial charge is 0.151 e. The number of ether oxygens (including phenoxy) is 1. The van der Waals surface area contributed by atoms with Gasteiger partial charge >= 0.3 is 0 Å². The van der Waals surface area contributed by atoms with Gasteiger partial charge in [0.05, 0.1) is 18.4 Å². The van der Waals surface area contributed by atoms with E-state index in [1.807, 2.05) is 13.0 Å². The van der Waals surface area contributed by atoms with Gasteiger partial charge in [0.1, 0.15) is 0 Å². The van der Waals surface area contributed by atoms with Gasteiger partial charge in [-0.2, -0.15) is 5.10 Å². The second kappa shape index (κ2) is 6.92. The summed E-state index contributed by atoms with van der Waals surface area (Å²) in [6.07, 6.45) is 2.60. The second-order valence-corrected chi connectivity index (χ2v) is 6.96. The van der Waals surface area contributed by atoms with E-state index in [0.29, 0.717) is 18.1 Å². The molecule has 0 aromatic carbocycles. The lowest BCUT2D eigenvalue weighted by atomic mass is 10.0. The molecule has 2 saturated heterocycles. The third-order valence-electron chi connectivity index (χ3n) is 4.69. The van der Waals surface area contributed by atoms with Gasteiger partial charge in [-0.05, 0) is 37.8 Å². The Morgan fingerprint density at radius 2 is 2.00 bits per heavy atom. The minimum absolute atomic E-state index is 0.371. The lowest BCUT2D eigenvalue weighted by molar-refractivity contribution is -0.0744. The molecule has 2 atom stereocenters. The van der Waals surface area contributed by atoms with Crippen molar-refractivity contribution in [3.63, 3.8) is 0 Å². The maximum atomic E-state index is 6.07. The Labute approximate surface area is 133 Å². The summed E-state index contributed by atoms with van der Waals surface area (Å²) in [6, 6.07) is 4.69. The monoisotopic (exact) mass is 304 g/mol. The van der Waals surface area contributed by atoms with Crippen LogP contribution < -0.4 is 4.90 Å². The summed E-state index contributed by atoms with van der Waals surface area (Å²) in [4.78, 5) is 5.00. The highest BCUT2D eigenvalue weighted by Gasteiger charge is 2.35. The van der Waals surface area contributed by atoms with Crippen LogP contribution >= 0.6 is 0 Å². The van der Waals surface area contributed by atoms with E-state index in [4.69, 9.17) is 4.74 Å². The summed E-state index contributed by atoms with van der Waals surface area (Å²) in [6.45, 7) is 11.7. The van der Waals surface area contributed by atoms with Crippen LogP contribution in [0.3, 0.4) is 0 Å². The molecule has 2 unspecified atom stereocenters. The van der Waals surface area contributed by atoms with Gasteiger partial charge in [0.15, 0.2) is 5.82 Å². The van der Waals surface area contributed by atoms with Crippen LogP contribution in [0.5, 0.6) is 0 Å². The first-order valence-electron chi connectivity index (χ1n) is 8.54. The normalized spacial score (nSPS) is 26.8. The predicted octanol–water partition coefficient (Wildman–Crippen LogP) is 2.11. The van der Waals surface area contributed by atoms with Crippen molar-refractivity contribution >= 4 is 5.82 Å². The Kier molecular flexibility index (Phi) is 4.93. The maximum absolute atomic E-state index is 6.07. The van der Waals surface area contributed by atoms with Crippen LogP contribution in [0.25, 0.3) is 0 Å². The standard InChI is InChI=1S/C17H28N4O/c1-13(2)12-21-10-11-22-16-7-9-20(8-6-15(16)21)17-5-4-14(3)18-19-17/h4-5,13,15-16H,6-12H2,1-3H3. The third kappa shape index (κ3) is 3.58. The van der Waals surface area contributed by atoms with Crippen molar-refractivity contribution in [3.8, 4) is 0 Å². The van der Waals surface area contributed by atoms with Crippen molar-refractivity contribution in [3.05, 3.63) is 17.8 Å². The highest BCUT2D eigenvalue weighted by Crippen LogP contribution is 2.26. The molecule has 2 aliphatic rings. The average Bonchev–Trinajstić information content (AvgIpc) is 2.71. The Hall–Kier alpha value is -1.20. The fourth-order valence-electron chi connectivity index (χ4n) is 3.65. The van der Waals surface area contributed by atoms with Gasteiger partial charge < -0.3 is 9.64 Å². The van der Waals surface area contributed by atoms with E-state index in [-0.39, 0.29) is 0 Å². The lowest BCUT2D eigenvalue weighted by Gasteiger charge is -2.41. The first kappa shape index (κ1) is 15.7. The number of aryl methyl sites for hydroxylation is 1. The Balaban J connectivity index is 1.68. The molecule has 2 fully saturated rings. The van der Waals surface area contributed by atoms with Crippen molar-refractivity contribution in [2.24, 2.45) is 5.92 Å². The van der Waals surface area contributed by atoms with Gasteiger partial charge in [-0.1, -0.05) is 13.8 Å². The Bertz CT molecular complexity index is 476. The van der Waals surface area contributed by atoms with Crippen LogP contribution in [0.4, 0.5) is 5.82 Å². The average molecular weight is 304 g/mol. The zero-order valence-corrected chi connectivity index (χ0v) is 14.0. The van der Waals surface area contributed by atoms with E-state index in [1.54, 1.807) is 0 Å². The lowest BCUT2D eigenvalue weighted by Crippen LogP contribution is -2.52. The number of anilines is 1. The molecular formula is C17H28N4O. The minimum Gasteiger partial charge on any atom is -0.375 e. The number of aromatic nitrogens is 2. The van der Waals surface area contributed by atoms with E-state index in [1.165, 1.54) is 6.54 Å². The van der Waals surface area contributed by atoms with Crippen molar-refractivity contribution < 1.29 is 4.74 Å². The molecule has 3 rings (SSSR count). The first-order valence-corrected chi connectivity index (χ1v) is 8.54. The van der Waals surface area contributed by atoms with E-state index in [0.717, 1.165) is 50.6 Å². The molecular weight excluding hydrogens is 276 g/mol. The third-order valence-corrected chi connectivity index (χ3v) is 4.69. The Morgan fingerprint density at radius 3 is 2.73 bits per heavy atom. The molecule has 5 nitrogen and oxygen atoms in total. The molecule has 22 heavy (non-hydrogen) atoms. The molecule has 2 aliphatic heterocycles. The minimum atomic E-state index is 0.371. The maximum Gasteiger partial charge on any atom is 0.151 e. The van der Waals surface area contributed by atoms with Crippen LogP contribution in [0.2, 0.25) is 0 Å². The number of nitrogens with zero attached hydrogens (tertiary/aromatic N) is 4. The molecule has 0 aliphatic carbocycles. The van der Waals surface area contributed by atoms with Crippen LogP contribution in [0.1, 0.15) is 32.4 Å². The molecule has 5 heteroatoms. The van der Waals surface area contributed by atoms with Gasteiger partial charge in [-0.3, -0.25) is 4.90 Å². The zero-order chi connectivity index (χ0) is 15.5. The summed E-state index contributed by atoms with van der Waals surface area (Å²) >= 11 is 0. The van der Waals surface area contributed by atoms with Gasteiger partial charge in [-0.25, -0.2) is 0 Å². The van der Waals surface area contributed by atoms with E-state index in [2.05, 4.69) is 39.9 Å². The molecule has 0 N–H and O–H groups in total. The van der Waals surface area contributed by atoms with Crippen molar-refractivity contribution in [1.82, 2.24) is 15.1 Å². The van der Waals surface area contributed by atoms with Gasteiger partial charge in [-0.15, -0.1) is 5.10 Å². The van der Waals surface area contributed by atoms with Crippen molar-refractivity contribution in [1.29, 1.82) is 0 Å². The molecule has 0 radical (unpaired) electrons. The summed E-state index contributed by atoms with van der Waals surface area (Å²) in [5.41, 5.74) is 0.971. The van der Waals surface area contributed by atoms with Crippen molar-refractivity contribution in [2.45, 2.75) is 45.8 Å². The van der Waals surface area contributed by atoms with E-state index < -0.39 is 0 Å². The Morgan fingerprint density at radius 1 is 1.18 bits per heavy atom. The summed E-state index contributed by atoms with van der Waals surface area (Å²) in [5, 5.41) is 8.55. The molecule has 1 aromatic rings. The SMILES string of the molecule is Cc1ccc(N2CCC3OCCN(CC(C)C)C3CC2)nn1. The van der Waals surface area contributed by atoms with Crippen LogP contribution in [0.15, 0.2) is 12.1 Å². The number of morpholine rings is 1. The van der Waals surface area contributed by atoms with Crippen LogP contribution in [0, 0.1) is 12.8 Å². The summed E-state index contributed by atoms with van der Waals surface area (Å²) < 4.78 is 6.07. The second-order valence-electron chi connectivity index (χ2n) is 6.96. The molecule has 0 saturated carbocycles. The molecule has 1 aromatic heterocycles. The van der Waals surface area contributed by atoms with Crippen LogP contribution in [-0.2, 0) is 4.74 Å². The highest BCUT2D eigenvalue weighted by atomic mass is 16.5. The zero-order valence-electron chi connectivity index (χ0n) is 14.0. The van der Waals surface area contributed by atoms with Gasteiger partial charge in [0.2, 0.25) is 0 Å². The molecule has 3 heterocycles. The van der Waals surface area contributed by atoms with E-state index in [9.17, 15) is 0 Å². The van der Waals surface area contributed by atoms with Gasteiger partial charge in [0.25, 0.3) is 0 Å². The summed E-state index contributed by atoms with van der Waals surface area (Å²) in [7, 11) is 0. The predicted molar refractivity (Wildman–Crippen MR) is 88.2 cm³/mol. The number of fused-ring (bicyclic) bond motifs is 1. The number of hydrogen-bond acceptors (Lipinski definition) is 5. The van der Waals surface area contributed by atoms with Crippen LogP contribution in [-0.4, -0.2) is 60.0 Å². The molecule has 0 bridgehead atoms. The fourth-order valence-corrected chi connectivity index (χ4v) is 3.65. The highest BCUT2D eigenvalue weighted by molar-refractivity contribution is 5.37.